The quantitative estimate of drug-likeness (QED) is 0.695. The average Bonchev–Trinajstić information content (AvgIpc) is 2.59. The van der Waals surface area contributed by atoms with Crippen LogP contribution in [0.5, 0.6) is 0 Å². The van der Waals surface area contributed by atoms with Crippen molar-refractivity contribution in [2.24, 2.45) is 5.92 Å². The van der Waals surface area contributed by atoms with Gasteiger partial charge in [-0.05, 0) is 61.9 Å². The van der Waals surface area contributed by atoms with Crippen molar-refractivity contribution in [1.82, 2.24) is 5.32 Å². The normalized spacial score (nSPS) is 13.8. The van der Waals surface area contributed by atoms with Crippen LogP contribution in [0.25, 0.3) is 0 Å². The Balaban J connectivity index is 2.34. The Hall–Kier alpha value is -2.34. The van der Waals surface area contributed by atoms with E-state index in [0.717, 1.165) is 29.4 Å². The summed E-state index contributed by atoms with van der Waals surface area (Å²) < 4.78 is 26.4. The van der Waals surface area contributed by atoms with Crippen LogP contribution >= 0.6 is 0 Å². The van der Waals surface area contributed by atoms with E-state index in [-0.39, 0.29) is 11.9 Å². The maximum Gasteiger partial charge on any atom is 0.244 e. The molecule has 0 aliphatic heterocycles. The van der Waals surface area contributed by atoms with Gasteiger partial charge in [-0.15, -0.1) is 0 Å². The van der Waals surface area contributed by atoms with Crippen molar-refractivity contribution in [1.29, 1.82) is 0 Å². The van der Waals surface area contributed by atoms with Crippen LogP contribution in [-0.4, -0.2) is 26.6 Å². The van der Waals surface area contributed by atoms with E-state index in [0.29, 0.717) is 11.6 Å². The molecule has 1 N–H and O–H groups in total. The fourth-order valence-corrected chi connectivity index (χ4v) is 4.77. The van der Waals surface area contributed by atoms with Crippen molar-refractivity contribution in [2.75, 3.05) is 10.6 Å². The molecule has 0 aliphatic rings. The highest BCUT2D eigenvalue weighted by Gasteiger charge is 2.31. The van der Waals surface area contributed by atoms with Gasteiger partial charge in [0.1, 0.15) is 6.04 Å². The van der Waals surface area contributed by atoms with E-state index in [2.05, 4.69) is 19.2 Å². The van der Waals surface area contributed by atoms with Gasteiger partial charge in [0.2, 0.25) is 15.9 Å². The third kappa shape index (κ3) is 6.32. The lowest BCUT2D eigenvalue weighted by molar-refractivity contribution is -0.122. The molecule has 29 heavy (non-hydrogen) atoms. The summed E-state index contributed by atoms with van der Waals surface area (Å²) in [5, 5.41) is 3.07. The van der Waals surface area contributed by atoms with Crippen LogP contribution < -0.4 is 9.62 Å². The Morgan fingerprint density at radius 1 is 1.00 bits per heavy atom. The number of nitrogens with zero attached hydrogens (tertiary/aromatic N) is 1. The third-order valence-electron chi connectivity index (χ3n) is 4.77. The summed E-state index contributed by atoms with van der Waals surface area (Å²) in [5.74, 6) is 0.0605. The molecule has 0 saturated carbocycles. The minimum atomic E-state index is -3.65. The molecule has 2 atom stereocenters. The lowest BCUT2D eigenvalue weighted by Crippen LogP contribution is -2.48. The Morgan fingerprint density at radius 2 is 1.55 bits per heavy atom. The molecule has 0 fully saturated rings. The Kier molecular flexibility index (Phi) is 7.47. The predicted molar refractivity (Wildman–Crippen MR) is 119 cm³/mol. The van der Waals surface area contributed by atoms with Gasteiger partial charge in [-0.1, -0.05) is 50.2 Å². The fourth-order valence-electron chi connectivity index (χ4n) is 3.61. The standard InChI is InChI=1S/C23H32N2O3S/c1-16(2)12-22(20-10-8-7-9-11-20)24-23(26)19(5)25(29(6,27)28)21-14-17(3)13-18(4)15-21/h7-11,13-16,19,22H,12H2,1-6H3,(H,24,26). The van der Waals surface area contributed by atoms with Crippen LogP contribution in [0.15, 0.2) is 48.5 Å². The number of hydrogen-bond acceptors (Lipinski definition) is 3. The fraction of sp³-hybridized carbons (Fsp3) is 0.435. The zero-order valence-electron chi connectivity index (χ0n) is 18.1. The van der Waals surface area contributed by atoms with Gasteiger partial charge >= 0.3 is 0 Å². The maximum atomic E-state index is 13.1. The van der Waals surface area contributed by atoms with Gasteiger partial charge in [0.15, 0.2) is 0 Å². The number of rotatable bonds is 8. The van der Waals surface area contributed by atoms with Crippen molar-refractivity contribution in [3.8, 4) is 0 Å². The Labute approximate surface area is 175 Å². The number of sulfonamides is 1. The van der Waals surface area contributed by atoms with Gasteiger partial charge in [0.05, 0.1) is 18.0 Å². The molecule has 0 bridgehead atoms. The van der Waals surface area contributed by atoms with Crippen LogP contribution in [0.3, 0.4) is 0 Å². The van der Waals surface area contributed by atoms with Crippen LogP contribution in [-0.2, 0) is 14.8 Å². The van der Waals surface area contributed by atoms with Gasteiger partial charge in [-0.3, -0.25) is 9.10 Å². The smallest absolute Gasteiger partial charge is 0.244 e. The molecule has 1 amide bonds. The monoisotopic (exact) mass is 416 g/mol. The molecule has 158 valence electrons. The van der Waals surface area contributed by atoms with E-state index in [1.54, 1.807) is 19.1 Å². The first-order chi connectivity index (χ1) is 13.5. The maximum absolute atomic E-state index is 13.1. The summed E-state index contributed by atoms with van der Waals surface area (Å²) in [6.45, 7) is 9.66. The van der Waals surface area contributed by atoms with Crippen molar-refractivity contribution >= 4 is 21.6 Å². The van der Waals surface area contributed by atoms with Gasteiger partial charge < -0.3 is 5.32 Å². The molecule has 5 nitrogen and oxygen atoms in total. The summed E-state index contributed by atoms with van der Waals surface area (Å²) >= 11 is 0. The van der Waals surface area contributed by atoms with Gasteiger partial charge in [0.25, 0.3) is 0 Å². The summed E-state index contributed by atoms with van der Waals surface area (Å²) in [4.78, 5) is 13.1. The van der Waals surface area contributed by atoms with E-state index < -0.39 is 16.1 Å². The molecule has 2 rings (SSSR count). The first-order valence-corrected chi connectivity index (χ1v) is 11.8. The number of carbonyl (C=O) groups excluding carboxylic acids is 1. The Bertz CT molecular complexity index is 920. The molecular formula is C23H32N2O3S. The SMILES string of the molecule is Cc1cc(C)cc(N(C(C)C(=O)NC(CC(C)C)c2ccccc2)S(C)(=O)=O)c1. The number of anilines is 1. The highest BCUT2D eigenvalue weighted by atomic mass is 32.2. The van der Waals surface area contributed by atoms with Crippen LogP contribution in [0.1, 0.15) is 49.9 Å². The van der Waals surface area contributed by atoms with Crippen molar-refractivity contribution in [3.05, 3.63) is 65.2 Å². The molecule has 2 unspecified atom stereocenters. The van der Waals surface area contributed by atoms with Gasteiger partial charge in [-0.2, -0.15) is 0 Å². The second-order valence-corrected chi connectivity index (χ2v) is 10.0. The number of benzene rings is 2. The van der Waals surface area contributed by atoms with Crippen molar-refractivity contribution in [3.63, 3.8) is 0 Å². The minimum Gasteiger partial charge on any atom is -0.347 e. The Morgan fingerprint density at radius 3 is 2.03 bits per heavy atom. The average molecular weight is 417 g/mol. The zero-order chi connectivity index (χ0) is 21.8. The second kappa shape index (κ2) is 9.44. The molecule has 0 radical (unpaired) electrons. The van der Waals surface area contributed by atoms with Crippen LogP contribution in [0.2, 0.25) is 0 Å². The zero-order valence-corrected chi connectivity index (χ0v) is 19.0. The van der Waals surface area contributed by atoms with E-state index in [4.69, 9.17) is 0 Å². The van der Waals surface area contributed by atoms with Crippen molar-refractivity contribution < 1.29 is 13.2 Å². The highest BCUT2D eigenvalue weighted by Crippen LogP contribution is 2.26. The number of nitrogens with one attached hydrogen (secondary N) is 1. The first-order valence-electron chi connectivity index (χ1n) is 9.92. The van der Waals surface area contributed by atoms with E-state index >= 15 is 0 Å². The predicted octanol–water partition coefficient (Wildman–Crippen LogP) is 4.36. The largest absolute Gasteiger partial charge is 0.347 e. The molecule has 0 saturated heterocycles. The number of carbonyl (C=O) groups is 1. The van der Waals surface area contributed by atoms with E-state index in [1.165, 1.54) is 4.31 Å². The highest BCUT2D eigenvalue weighted by molar-refractivity contribution is 7.92. The lowest BCUT2D eigenvalue weighted by Gasteiger charge is -2.31. The first kappa shape index (κ1) is 22.9. The molecule has 0 heterocycles. The minimum absolute atomic E-state index is 0.174. The molecule has 0 aromatic heterocycles. The number of amides is 1. The second-order valence-electron chi connectivity index (χ2n) is 8.18. The number of hydrogen-bond donors (Lipinski definition) is 1. The molecule has 2 aromatic carbocycles. The summed E-state index contributed by atoms with van der Waals surface area (Å²) in [5.41, 5.74) is 3.42. The molecule has 2 aromatic rings. The van der Waals surface area contributed by atoms with Crippen LogP contribution in [0, 0.1) is 19.8 Å². The van der Waals surface area contributed by atoms with Crippen LogP contribution in [0.4, 0.5) is 5.69 Å². The van der Waals surface area contributed by atoms with E-state index in [1.807, 2.05) is 50.2 Å². The molecular weight excluding hydrogens is 384 g/mol. The molecule has 0 spiro atoms. The van der Waals surface area contributed by atoms with E-state index in [9.17, 15) is 13.2 Å². The van der Waals surface area contributed by atoms with Gasteiger partial charge in [-0.25, -0.2) is 8.42 Å². The third-order valence-corrected chi connectivity index (χ3v) is 6.02. The topological polar surface area (TPSA) is 66.5 Å². The summed E-state index contributed by atoms with van der Waals surface area (Å²) in [6, 6.07) is 14.3. The molecule has 0 aliphatic carbocycles. The number of aryl methyl sites for hydroxylation is 2. The van der Waals surface area contributed by atoms with Crippen molar-refractivity contribution in [2.45, 2.75) is 53.1 Å². The van der Waals surface area contributed by atoms with Gasteiger partial charge in [0, 0.05) is 0 Å². The summed E-state index contributed by atoms with van der Waals surface area (Å²) in [6.07, 6.45) is 1.90. The molecule has 6 heteroatoms. The lowest BCUT2D eigenvalue weighted by atomic mass is 9.96. The summed E-state index contributed by atoms with van der Waals surface area (Å²) in [7, 11) is -3.65.